The minimum atomic E-state index is -0.315. The smallest absolute Gasteiger partial charge is 0.227 e. The second-order valence-electron chi connectivity index (χ2n) is 7.77. The van der Waals surface area contributed by atoms with Gasteiger partial charge in [-0.1, -0.05) is 42.5 Å². The van der Waals surface area contributed by atoms with Crippen LogP contribution in [0.2, 0.25) is 0 Å². The Hall–Kier alpha value is -2.18. The van der Waals surface area contributed by atoms with Gasteiger partial charge >= 0.3 is 0 Å². The number of rotatable bonds is 6. The fourth-order valence-corrected chi connectivity index (χ4v) is 4.81. The third-order valence-electron chi connectivity index (χ3n) is 5.87. The maximum Gasteiger partial charge on any atom is 0.227 e. The quantitative estimate of drug-likeness (QED) is 0.721. The molecule has 29 heavy (non-hydrogen) atoms. The van der Waals surface area contributed by atoms with Crippen molar-refractivity contribution in [3.63, 3.8) is 0 Å². The molecule has 2 fully saturated rings. The topological polar surface area (TPSA) is 52.7 Å². The van der Waals surface area contributed by atoms with Gasteiger partial charge in [0.05, 0.1) is 17.6 Å². The number of benzene rings is 2. The third kappa shape index (κ3) is 4.54. The molecule has 2 amide bonds. The Morgan fingerprint density at radius 1 is 1.07 bits per heavy atom. The van der Waals surface area contributed by atoms with Crippen molar-refractivity contribution in [3.8, 4) is 0 Å². The Balaban J connectivity index is 1.41. The second kappa shape index (κ2) is 9.09. The van der Waals surface area contributed by atoms with Gasteiger partial charge in [-0.25, -0.2) is 0 Å². The number of halogens is 1. The predicted molar refractivity (Wildman–Crippen MR) is 118 cm³/mol. The second-order valence-corrected chi connectivity index (χ2v) is 8.63. The number of para-hydroxylation sites is 1. The Morgan fingerprint density at radius 2 is 1.76 bits per heavy atom. The first kappa shape index (κ1) is 20.1. The summed E-state index contributed by atoms with van der Waals surface area (Å²) in [5, 5.41) is 3.14. The Bertz CT molecular complexity index is 867. The Labute approximate surface area is 180 Å². The van der Waals surface area contributed by atoms with Crippen LogP contribution in [0.4, 0.5) is 5.69 Å². The molecule has 2 saturated heterocycles. The summed E-state index contributed by atoms with van der Waals surface area (Å²) in [5.74, 6) is -0.353. The van der Waals surface area contributed by atoms with Gasteiger partial charge in [-0.05, 0) is 59.6 Å². The number of likely N-dealkylation sites (tertiary alicyclic amines) is 1. The fraction of sp³-hybridized carbons (Fsp3) is 0.391. The molecule has 4 rings (SSSR count). The molecule has 2 aromatic rings. The van der Waals surface area contributed by atoms with E-state index in [4.69, 9.17) is 0 Å². The summed E-state index contributed by atoms with van der Waals surface area (Å²) >= 11 is 3.50. The summed E-state index contributed by atoms with van der Waals surface area (Å²) in [6.45, 7) is 3.12. The van der Waals surface area contributed by atoms with E-state index in [1.54, 1.807) is 4.90 Å². The highest BCUT2D eigenvalue weighted by Gasteiger charge is 2.36. The van der Waals surface area contributed by atoms with Gasteiger partial charge in [-0.2, -0.15) is 0 Å². The molecule has 0 saturated carbocycles. The summed E-state index contributed by atoms with van der Waals surface area (Å²) < 4.78 is 0.868. The molecule has 5 nitrogen and oxygen atoms in total. The number of carbonyl (C=O) groups is 2. The Kier molecular flexibility index (Phi) is 6.31. The highest BCUT2D eigenvalue weighted by Crippen LogP contribution is 2.31. The van der Waals surface area contributed by atoms with E-state index in [0.717, 1.165) is 23.2 Å². The number of hydrogen-bond donors (Lipinski definition) is 1. The van der Waals surface area contributed by atoms with Crippen molar-refractivity contribution in [2.24, 2.45) is 5.92 Å². The number of nitrogens with one attached hydrogen (secondary N) is 1. The standard InChI is InChI=1S/C23H26BrN3O2/c24-19-10-4-5-11-20(19)27-16-18(14-22(27)28)23(29)25-15-21(26-12-6-7-13-26)17-8-2-1-3-9-17/h1-5,8-11,18,21H,6-7,12-16H2,(H,25,29). The van der Waals surface area contributed by atoms with Crippen LogP contribution in [-0.2, 0) is 9.59 Å². The molecule has 0 aromatic heterocycles. The van der Waals surface area contributed by atoms with E-state index in [0.29, 0.717) is 13.1 Å². The summed E-state index contributed by atoms with van der Waals surface area (Å²) in [4.78, 5) is 29.6. The predicted octanol–water partition coefficient (Wildman–Crippen LogP) is 3.76. The number of amides is 2. The molecule has 2 unspecified atom stereocenters. The van der Waals surface area contributed by atoms with Crippen LogP contribution in [0.15, 0.2) is 59.1 Å². The van der Waals surface area contributed by atoms with Crippen molar-refractivity contribution in [1.29, 1.82) is 0 Å². The zero-order chi connectivity index (χ0) is 20.2. The first-order valence-electron chi connectivity index (χ1n) is 10.2. The summed E-state index contributed by atoms with van der Waals surface area (Å²) in [5.41, 5.74) is 2.05. The van der Waals surface area contributed by atoms with Crippen molar-refractivity contribution in [3.05, 3.63) is 64.6 Å². The van der Waals surface area contributed by atoms with E-state index in [-0.39, 0.29) is 30.2 Å². The van der Waals surface area contributed by atoms with Crippen LogP contribution in [0.3, 0.4) is 0 Å². The molecule has 1 N–H and O–H groups in total. The lowest BCUT2D eigenvalue weighted by atomic mass is 10.0. The summed E-state index contributed by atoms with van der Waals surface area (Å²) in [6.07, 6.45) is 2.66. The zero-order valence-electron chi connectivity index (χ0n) is 16.4. The maximum atomic E-state index is 12.9. The first-order chi connectivity index (χ1) is 14.1. The summed E-state index contributed by atoms with van der Waals surface area (Å²) in [6, 6.07) is 18.2. The van der Waals surface area contributed by atoms with Gasteiger partial charge in [-0.15, -0.1) is 0 Å². The highest BCUT2D eigenvalue weighted by molar-refractivity contribution is 9.10. The average molecular weight is 456 g/mol. The normalized spacial score (nSPS) is 20.8. The third-order valence-corrected chi connectivity index (χ3v) is 6.55. The van der Waals surface area contributed by atoms with Gasteiger partial charge in [0, 0.05) is 24.0 Å². The molecule has 0 bridgehead atoms. The van der Waals surface area contributed by atoms with Crippen LogP contribution >= 0.6 is 15.9 Å². The average Bonchev–Trinajstić information content (AvgIpc) is 3.39. The van der Waals surface area contributed by atoms with Gasteiger partial charge in [0.15, 0.2) is 0 Å². The molecular weight excluding hydrogens is 430 g/mol. The molecule has 152 valence electrons. The zero-order valence-corrected chi connectivity index (χ0v) is 18.0. The van der Waals surface area contributed by atoms with Gasteiger partial charge in [0.25, 0.3) is 0 Å². The lowest BCUT2D eigenvalue weighted by Crippen LogP contribution is -2.40. The SMILES string of the molecule is O=C(NCC(c1ccccc1)N1CCCC1)C1CC(=O)N(c2ccccc2Br)C1. The lowest BCUT2D eigenvalue weighted by molar-refractivity contribution is -0.126. The first-order valence-corrected chi connectivity index (χ1v) is 11.0. The molecule has 6 heteroatoms. The molecule has 2 aliphatic heterocycles. The van der Waals surface area contributed by atoms with Crippen molar-refractivity contribution in [1.82, 2.24) is 10.2 Å². The maximum absolute atomic E-state index is 12.9. The van der Waals surface area contributed by atoms with Gasteiger partial charge in [-0.3, -0.25) is 14.5 Å². The molecule has 0 spiro atoms. The highest BCUT2D eigenvalue weighted by atomic mass is 79.9. The van der Waals surface area contributed by atoms with Gasteiger partial charge in [0.1, 0.15) is 0 Å². The Morgan fingerprint density at radius 3 is 2.48 bits per heavy atom. The van der Waals surface area contributed by atoms with E-state index >= 15 is 0 Å². The fourth-order valence-electron chi connectivity index (χ4n) is 4.31. The minimum Gasteiger partial charge on any atom is -0.354 e. The van der Waals surface area contributed by atoms with Crippen LogP contribution in [0, 0.1) is 5.92 Å². The number of carbonyl (C=O) groups excluding carboxylic acids is 2. The van der Waals surface area contributed by atoms with E-state index in [9.17, 15) is 9.59 Å². The van der Waals surface area contributed by atoms with Gasteiger partial charge < -0.3 is 10.2 Å². The largest absolute Gasteiger partial charge is 0.354 e. The number of anilines is 1. The van der Waals surface area contributed by atoms with E-state index in [1.807, 2.05) is 42.5 Å². The monoisotopic (exact) mass is 455 g/mol. The molecule has 2 heterocycles. The van der Waals surface area contributed by atoms with Crippen LogP contribution in [0.1, 0.15) is 30.9 Å². The molecule has 0 radical (unpaired) electrons. The van der Waals surface area contributed by atoms with Crippen molar-refractivity contribution in [2.75, 3.05) is 31.1 Å². The molecule has 2 atom stereocenters. The minimum absolute atomic E-state index is 0.00352. The van der Waals surface area contributed by atoms with Crippen LogP contribution in [0.25, 0.3) is 0 Å². The van der Waals surface area contributed by atoms with E-state index in [1.165, 1.54) is 18.4 Å². The van der Waals surface area contributed by atoms with E-state index in [2.05, 4.69) is 38.3 Å². The van der Waals surface area contributed by atoms with E-state index < -0.39 is 0 Å². The molecule has 0 aliphatic carbocycles. The van der Waals surface area contributed by atoms with Crippen molar-refractivity contribution >= 4 is 33.4 Å². The van der Waals surface area contributed by atoms with Crippen molar-refractivity contribution < 1.29 is 9.59 Å². The molecular formula is C23H26BrN3O2. The number of nitrogens with zero attached hydrogens (tertiary/aromatic N) is 2. The lowest BCUT2D eigenvalue weighted by Gasteiger charge is -2.28. The molecule has 2 aliphatic rings. The van der Waals surface area contributed by atoms with Crippen LogP contribution < -0.4 is 10.2 Å². The van der Waals surface area contributed by atoms with Gasteiger partial charge in [0.2, 0.25) is 11.8 Å². The van der Waals surface area contributed by atoms with Crippen LogP contribution in [-0.4, -0.2) is 42.9 Å². The summed E-state index contributed by atoms with van der Waals surface area (Å²) in [7, 11) is 0. The van der Waals surface area contributed by atoms with Crippen molar-refractivity contribution in [2.45, 2.75) is 25.3 Å². The molecule has 2 aromatic carbocycles. The van der Waals surface area contributed by atoms with Crippen LogP contribution in [0.5, 0.6) is 0 Å². The number of hydrogen-bond acceptors (Lipinski definition) is 3.